The van der Waals surface area contributed by atoms with Gasteiger partial charge in [0.1, 0.15) is 11.9 Å². The van der Waals surface area contributed by atoms with Crippen molar-refractivity contribution >= 4 is 29.4 Å². The molecule has 3 fully saturated rings. The van der Waals surface area contributed by atoms with E-state index in [9.17, 15) is 14.4 Å². The van der Waals surface area contributed by atoms with Crippen molar-refractivity contribution in [2.75, 3.05) is 44.1 Å². The molecule has 0 radical (unpaired) electrons. The summed E-state index contributed by atoms with van der Waals surface area (Å²) >= 11 is 0. The minimum absolute atomic E-state index is 0.0328. The molecule has 1 saturated carbocycles. The largest absolute Gasteiger partial charge is 0.381 e. The fourth-order valence-electron chi connectivity index (χ4n) is 6.13. The van der Waals surface area contributed by atoms with Gasteiger partial charge >= 0.3 is 6.03 Å². The number of aromatic nitrogens is 1. The van der Waals surface area contributed by atoms with Crippen LogP contribution in [-0.4, -0.2) is 73.3 Å². The van der Waals surface area contributed by atoms with Crippen molar-refractivity contribution in [2.24, 2.45) is 5.92 Å². The van der Waals surface area contributed by atoms with Crippen LogP contribution < -0.4 is 16.0 Å². The summed E-state index contributed by atoms with van der Waals surface area (Å²) in [4.78, 5) is 45.7. The van der Waals surface area contributed by atoms with E-state index >= 15 is 0 Å². The monoisotopic (exact) mass is 499 g/mol. The minimum atomic E-state index is -0.647. The Bertz CT molecular complexity index is 983. The second kappa shape index (κ2) is 10.7. The van der Waals surface area contributed by atoms with Gasteiger partial charge in [-0.1, -0.05) is 19.3 Å². The SMILES string of the molecule is CN(C(=O)NC(C(=O)Nc1cc2c(cn1)C1(CCOCC1)C(=O)N2)C1CCCCC1)C1CCOCC1. The van der Waals surface area contributed by atoms with Crippen molar-refractivity contribution in [3.63, 3.8) is 0 Å². The summed E-state index contributed by atoms with van der Waals surface area (Å²) in [5, 5.41) is 8.93. The Morgan fingerprint density at radius 2 is 1.78 bits per heavy atom. The maximum absolute atomic E-state index is 13.5. The van der Waals surface area contributed by atoms with Gasteiger partial charge in [-0.25, -0.2) is 9.78 Å². The fraction of sp³-hybridized carbons (Fsp3) is 0.692. The number of urea groups is 1. The second-order valence-corrected chi connectivity index (χ2v) is 10.5. The highest BCUT2D eigenvalue weighted by Gasteiger charge is 2.48. The summed E-state index contributed by atoms with van der Waals surface area (Å²) in [6, 6.07) is 0.951. The zero-order valence-corrected chi connectivity index (χ0v) is 21.0. The molecule has 1 atom stereocenters. The first-order chi connectivity index (χ1) is 17.5. The first-order valence-electron chi connectivity index (χ1n) is 13.3. The highest BCUT2D eigenvalue weighted by Crippen LogP contribution is 2.44. The molecule has 10 nitrogen and oxygen atoms in total. The summed E-state index contributed by atoms with van der Waals surface area (Å²) < 4.78 is 10.9. The van der Waals surface area contributed by atoms with Gasteiger partial charge < -0.3 is 30.3 Å². The van der Waals surface area contributed by atoms with E-state index in [0.717, 1.165) is 50.5 Å². The highest BCUT2D eigenvalue weighted by molar-refractivity contribution is 6.07. The molecule has 2 saturated heterocycles. The molecule has 5 rings (SSSR count). The zero-order chi connectivity index (χ0) is 25.1. The number of pyridine rings is 1. The number of ether oxygens (including phenoxy) is 2. The van der Waals surface area contributed by atoms with E-state index in [1.165, 1.54) is 0 Å². The number of nitrogens with zero attached hydrogens (tertiary/aromatic N) is 2. The molecule has 10 heteroatoms. The first-order valence-corrected chi connectivity index (χ1v) is 13.3. The van der Waals surface area contributed by atoms with Crippen molar-refractivity contribution in [2.45, 2.75) is 75.3 Å². The lowest BCUT2D eigenvalue weighted by Crippen LogP contribution is -2.54. The number of amides is 4. The van der Waals surface area contributed by atoms with Crippen LogP contribution in [-0.2, 0) is 24.5 Å². The van der Waals surface area contributed by atoms with Crippen molar-refractivity contribution in [1.29, 1.82) is 0 Å². The molecule has 1 spiro atoms. The van der Waals surface area contributed by atoms with Gasteiger partial charge in [0.2, 0.25) is 11.8 Å². The number of hydrogen-bond donors (Lipinski definition) is 3. The van der Waals surface area contributed by atoms with E-state index in [1.807, 2.05) is 0 Å². The maximum Gasteiger partial charge on any atom is 0.318 e. The lowest BCUT2D eigenvalue weighted by Gasteiger charge is -2.35. The molecule has 1 aromatic rings. The molecule has 4 aliphatic rings. The zero-order valence-electron chi connectivity index (χ0n) is 21.0. The predicted molar refractivity (Wildman–Crippen MR) is 134 cm³/mol. The van der Waals surface area contributed by atoms with Crippen molar-refractivity contribution in [3.05, 3.63) is 17.8 Å². The van der Waals surface area contributed by atoms with Gasteiger partial charge in [-0.15, -0.1) is 0 Å². The van der Waals surface area contributed by atoms with Crippen LogP contribution >= 0.6 is 0 Å². The minimum Gasteiger partial charge on any atom is -0.381 e. The van der Waals surface area contributed by atoms with Crippen LogP contribution in [0.25, 0.3) is 0 Å². The van der Waals surface area contributed by atoms with Gasteiger partial charge in [0.25, 0.3) is 0 Å². The maximum atomic E-state index is 13.5. The van der Waals surface area contributed by atoms with Gasteiger partial charge in [0, 0.05) is 57.3 Å². The van der Waals surface area contributed by atoms with Gasteiger partial charge in [0.15, 0.2) is 0 Å². The topological polar surface area (TPSA) is 122 Å². The molecule has 36 heavy (non-hydrogen) atoms. The molecular weight excluding hydrogens is 462 g/mol. The Balaban J connectivity index is 1.30. The molecule has 1 unspecified atom stereocenters. The van der Waals surface area contributed by atoms with Gasteiger partial charge in [-0.2, -0.15) is 0 Å². The van der Waals surface area contributed by atoms with Crippen LogP contribution in [0, 0.1) is 5.92 Å². The lowest BCUT2D eigenvalue weighted by molar-refractivity contribution is -0.124. The molecule has 1 aliphatic carbocycles. The Morgan fingerprint density at radius 1 is 1.08 bits per heavy atom. The Hall–Kier alpha value is -2.72. The van der Waals surface area contributed by atoms with Gasteiger partial charge in [-0.05, 0) is 44.4 Å². The second-order valence-electron chi connectivity index (χ2n) is 10.5. The summed E-state index contributed by atoms with van der Waals surface area (Å²) in [7, 11) is 1.79. The molecule has 3 aliphatic heterocycles. The van der Waals surface area contributed by atoms with Crippen molar-refractivity contribution < 1.29 is 23.9 Å². The molecule has 196 valence electrons. The fourth-order valence-corrected chi connectivity index (χ4v) is 6.13. The van der Waals surface area contributed by atoms with E-state index in [4.69, 9.17) is 9.47 Å². The molecular formula is C26H37N5O5. The van der Waals surface area contributed by atoms with E-state index in [1.54, 1.807) is 24.2 Å². The van der Waals surface area contributed by atoms with Crippen molar-refractivity contribution in [1.82, 2.24) is 15.2 Å². The number of fused-ring (bicyclic) bond motifs is 2. The average Bonchev–Trinajstić information content (AvgIpc) is 3.17. The Kier molecular flexibility index (Phi) is 7.43. The van der Waals surface area contributed by atoms with Crippen LogP contribution in [0.1, 0.15) is 63.4 Å². The first kappa shape index (κ1) is 25.0. The van der Waals surface area contributed by atoms with Gasteiger partial charge in [0.05, 0.1) is 11.1 Å². The Morgan fingerprint density at radius 3 is 2.50 bits per heavy atom. The van der Waals surface area contributed by atoms with Crippen LogP contribution in [0.4, 0.5) is 16.3 Å². The number of rotatable bonds is 5. The summed E-state index contributed by atoms with van der Waals surface area (Å²) in [6.45, 7) is 2.36. The summed E-state index contributed by atoms with van der Waals surface area (Å²) in [5.41, 5.74) is 0.949. The molecule has 4 heterocycles. The smallest absolute Gasteiger partial charge is 0.318 e. The molecule has 4 amide bonds. The number of nitrogens with one attached hydrogen (secondary N) is 3. The van der Waals surface area contributed by atoms with E-state index in [0.29, 0.717) is 50.8 Å². The van der Waals surface area contributed by atoms with Crippen LogP contribution in [0.3, 0.4) is 0 Å². The van der Waals surface area contributed by atoms with Crippen LogP contribution in [0.5, 0.6) is 0 Å². The van der Waals surface area contributed by atoms with Gasteiger partial charge in [-0.3, -0.25) is 9.59 Å². The number of carbonyl (C=O) groups excluding carboxylic acids is 3. The van der Waals surface area contributed by atoms with E-state index < -0.39 is 11.5 Å². The normalized spacial score (nSPS) is 23.0. The third kappa shape index (κ3) is 4.93. The number of hydrogen-bond acceptors (Lipinski definition) is 6. The highest BCUT2D eigenvalue weighted by atomic mass is 16.5. The quantitative estimate of drug-likeness (QED) is 0.573. The van der Waals surface area contributed by atoms with E-state index in [2.05, 4.69) is 20.9 Å². The van der Waals surface area contributed by atoms with Crippen LogP contribution in [0.15, 0.2) is 12.3 Å². The lowest BCUT2D eigenvalue weighted by atomic mass is 9.76. The van der Waals surface area contributed by atoms with E-state index in [-0.39, 0.29) is 29.8 Å². The molecule has 0 bridgehead atoms. The molecule has 1 aromatic heterocycles. The Labute approximate surface area is 211 Å². The van der Waals surface area contributed by atoms with Crippen LogP contribution in [0.2, 0.25) is 0 Å². The molecule has 0 aromatic carbocycles. The number of carbonyl (C=O) groups is 3. The molecule has 3 N–H and O–H groups in total. The standard InChI is InChI=1S/C26H37N5O5/c1-31(18-7-11-35-12-8-18)25(34)30-22(17-5-3-2-4-6-17)23(32)29-21-15-20-19(16-27-21)26(24(33)28-20)9-13-36-14-10-26/h15-18,22H,2-14H2,1H3,(H,28,33)(H,30,34)(H,27,29,32). The predicted octanol–water partition coefficient (Wildman–Crippen LogP) is 2.79. The average molecular weight is 500 g/mol. The number of anilines is 2. The third-order valence-electron chi connectivity index (χ3n) is 8.44. The summed E-state index contributed by atoms with van der Waals surface area (Å²) in [6.07, 6.45) is 9.58. The summed E-state index contributed by atoms with van der Waals surface area (Å²) in [5.74, 6) is 0.143. The third-order valence-corrected chi connectivity index (χ3v) is 8.44. The van der Waals surface area contributed by atoms with Crippen molar-refractivity contribution in [3.8, 4) is 0 Å².